The van der Waals surface area contributed by atoms with Gasteiger partial charge >= 0.3 is 0 Å². The molecule has 4 N–H and O–H groups in total. The SMILES string of the molecule is Cc1ccc(CN)cc1NC(=O)c1c(O)cccc1F. The molecule has 20 heavy (non-hydrogen) atoms. The zero-order valence-corrected chi connectivity index (χ0v) is 11.0. The van der Waals surface area contributed by atoms with Gasteiger partial charge in [-0.2, -0.15) is 0 Å². The average molecular weight is 274 g/mol. The molecule has 1 amide bonds. The number of nitrogens with one attached hydrogen (secondary N) is 1. The highest BCUT2D eigenvalue weighted by atomic mass is 19.1. The number of amides is 1. The molecule has 5 heteroatoms. The van der Waals surface area contributed by atoms with E-state index in [1.54, 1.807) is 6.07 Å². The van der Waals surface area contributed by atoms with Crippen LogP contribution in [0.15, 0.2) is 36.4 Å². The van der Waals surface area contributed by atoms with E-state index in [2.05, 4.69) is 5.32 Å². The number of halogens is 1. The Balaban J connectivity index is 2.33. The smallest absolute Gasteiger partial charge is 0.262 e. The van der Waals surface area contributed by atoms with E-state index < -0.39 is 17.5 Å². The molecule has 0 aliphatic rings. The Bertz CT molecular complexity index is 636. The lowest BCUT2D eigenvalue weighted by Crippen LogP contribution is -2.15. The molecule has 0 aliphatic carbocycles. The minimum Gasteiger partial charge on any atom is -0.507 e. The fourth-order valence-electron chi connectivity index (χ4n) is 1.85. The standard InChI is InChI=1S/C15H15FN2O2/c1-9-5-6-10(8-17)7-12(9)18-15(20)14-11(16)3-2-4-13(14)19/h2-7,19H,8,17H2,1H3,(H,18,20). The van der Waals surface area contributed by atoms with Crippen molar-refractivity contribution in [3.8, 4) is 5.75 Å². The Labute approximate surface area is 116 Å². The largest absolute Gasteiger partial charge is 0.507 e. The summed E-state index contributed by atoms with van der Waals surface area (Å²) >= 11 is 0. The summed E-state index contributed by atoms with van der Waals surface area (Å²) in [5.74, 6) is -1.86. The molecule has 0 radical (unpaired) electrons. The molecule has 0 spiro atoms. The number of benzene rings is 2. The van der Waals surface area contributed by atoms with Crippen LogP contribution in [0, 0.1) is 12.7 Å². The van der Waals surface area contributed by atoms with Gasteiger partial charge in [0.1, 0.15) is 17.1 Å². The van der Waals surface area contributed by atoms with E-state index in [1.165, 1.54) is 12.1 Å². The van der Waals surface area contributed by atoms with E-state index in [9.17, 15) is 14.3 Å². The number of rotatable bonds is 3. The maximum atomic E-state index is 13.6. The van der Waals surface area contributed by atoms with Crippen molar-refractivity contribution >= 4 is 11.6 Å². The highest BCUT2D eigenvalue weighted by Gasteiger charge is 2.17. The van der Waals surface area contributed by atoms with Gasteiger partial charge in [0, 0.05) is 12.2 Å². The summed E-state index contributed by atoms with van der Waals surface area (Å²) in [6.07, 6.45) is 0. The number of hydrogen-bond donors (Lipinski definition) is 3. The number of carbonyl (C=O) groups is 1. The summed E-state index contributed by atoms with van der Waals surface area (Å²) in [4.78, 5) is 12.1. The molecule has 2 rings (SSSR count). The molecule has 0 saturated heterocycles. The van der Waals surface area contributed by atoms with Crippen LogP contribution in [-0.2, 0) is 6.54 Å². The van der Waals surface area contributed by atoms with Crippen LogP contribution in [0.5, 0.6) is 5.75 Å². The lowest BCUT2D eigenvalue weighted by Gasteiger charge is -2.11. The van der Waals surface area contributed by atoms with Crippen molar-refractivity contribution in [3.63, 3.8) is 0 Å². The van der Waals surface area contributed by atoms with Gasteiger partial charge in [-0.15, -0.1) is 0 Å². The normalized spacial score (nSPS) is 10.3. The van der Waals surface area contributed by atoms with E-state index >= 15 is 0 Å². The average Bonchev–Trinajstić information content (AvgIpc) is 2.41. The number of phenols is 1. The van der Waals surface area contributed by atoms with Crippen molar-refractivity contribution in [2.45, 2.75) is 13.5 Å². The van der Waals surface area contributed by atoms with Crippen molar-refractivity contribution in [1.82, 2.24) is 0 Å². The first kappa shape index (κ1) is 14.0. The topological polar surface area (TPSA) is 75.3 Å². The summed E-state index contributed by atoms with van der Waals surface area (Å²) in [5, 5.41) is 12.2. The van der Waals surface area contributed by atoms with Crippen molar-refractivity contribution in [2.75, 3.05) is 5.32 Å². The van der Waals surface area contributed by atoms with E-state index in [-0.39, 0.29) is 5.56 Å². The van der Waals surface area contributed by atoms with Gasteiger partial charge < -0.3 is 16.2 Å². The number of carbonyl (C=O) groups excluding carboxylic acids is 1. The molecular formula is C15H15FN2O2. The monoisotopic (exact) mass is 274 g/mol. The third kappa shape index (κ3) is 2.78. The van der Waals surface area contributed by atoms with Crippen LogP contribution in [-0.4, -0.2) is 11.0 Å². The van der Waals surface area contributed by atoms with Gasteiger partial charge in [0.2, 0.25) is 0 Å². The van der Waals surface area contributed by atoms with E-state index in [0.717, 1.165) is 17.2 Å². The second-order valence-corrected chi connectivity index (χ2v) is 4.44. The van der Waals surface area contributed by atoms with Crippen LogP contribution in [0.1, 0.15) is 21.5 Å². The predicted octanol–water partition coefficient (Wildman–Crippen LogP) is 2.55. The molecule has 2 aromatic rings. The molecule has 2 aromatic carbocycles. The molecule has 4 nitrogen and oxygen atoms in total. The predicted molar refractivity (Wildman–Crippen MR) is 75.1 cm³/mol. The molecule has 0 aliphatic heterocycles. The maximum absolute atomic E-state index is 13.6. The number of phenolic OH excluding ortho intramolecular Hbond substituents is 1. The Morgan fingerprint density at radius 2 is 2.10 bits per heavy atom. The molecule has 0 bridgehead atoms. The fourth-order valence-corrected chi connectivity index (χ4v) is 1.85. The Morgan fingerprint density at radius 1 is 1.35 bits per heavy atom. The molecule has 0 saturated carbocycles. The Kier molecular flexibility index (Phi) is 4.00. The lowest BCUT2D eigenvalue weighted by atomic mass is 10.1. The van der Waals surface area contributed by atoms with Gasteiger partial charge in [0.25, 0.3) is 5.91 Å². The first-order valence-corrected chi connectivity index (χ1v) is 6.11. The van der Waals surface area contributed by atoms with Crippen molar-refractivity contribution in [2.24, 2.45) is 5.73 Å². The second kappa shape index (κ2) is 5.71. The van der Waals surface area contributed by atoms with Gasteiger partial charge in [-0.3, -0.25) is 4.79 Å². The van der Waals surface area contributed by atoms with Crippen LogP contribution < -0.4 is 11.1 Å². The fraction of sp³-hybridized carbons (Fsp3) is 0.133. The third-order valence-electron chi connectivity index (χ3n) is 3.00. The molecule has 0 heterocycles. The van der Waals surface area contributed by atoms with Gasteiger partial charge in [0.05, 0.1) is 0 Å². The van der Waals surface area contributed by atoms with Crippen LogP contribution >= 0.6 is 0 Å². The summed E-state index contributed by atoms with van der Waals surface area (Å²) < 4.78 is 13.6. The summed E-state index contributed by atoms with van der Waals surface area (Å²) in [6, 6.07) is 9.12. The number of anilines is 1. The zero-order valence-electron chi connectivity index (χ0n) is 11.0. The summed E-state index contributed by atoms with van der Waals surface area (Å²) in [7, 11) is 0. The van der Waals surface area contributed by atoms with Crippen LogP contribution in [0.2, 0.25) is 0 Å². The van der Waals surface area contributed by atoms with Gasteiger partial charge in [0.15, 0.2) is 0 Å². The summed E-state index contributed by atoms with van der Waals surface area (Å²) in [5.41, 5.74) is 7.39. The first-order valence-electron chi connectivity index (χ1n) is 6.11. The van der Waals surface area contributed by atoms with Gasteiger partial charge in [-0.05, 0) is 36.2 Å². The second-order valence-electron chi connectivity index (χ2n) is 4.44. The van der Waals surface area contributed by atoms with Crippen molar-refractivity contribution in [3.05, 3.63) is 58.9 Å². The van der Waals surface area contributed by atoms with Gasteiger partial charge in [-0.1, -0.05) is 18.2 Å². The number of hydrogen-bond acceptors (Lipinski definition) is 3. The third-order valence-corrected chi connectivity index (χ3v) is 3.00. The molecule has 0 unspecified atom stereocenters. The summed E-state index contributed by atoms with van der Waals surface area (Å²) in [6.45, 7) is 2.16. The highest BCUT2D eigenvalue weighted by Crippen LogP contribution is 2.23. The Morgan fingerprint density at radius 3 is 2.75 bits per heavy atom. The Hall–Kier alpha value is -2.40. The minimum atomic E-state index is -0.768. The zero-order chi connectivity index (χ0) is 14.7. The maximum Gasteiger partial charge on any atom is 0.262 e. The first-order chi connectivity index (χ1) is 9.52. The van der Waals surface area contributed by atoms with E-state index in [4.69, 9.17) is 5.73 Å². The minimum absolute atomic E-state index is 0.341. The van der Waals surface area contributed by atoms with Crippen molar-refractivity contribution in [1.29, 1.82) is 0 Å². The van der Waals surface area contributed by atoms with E-state index in [0.29, 0.717) is 12.2 Å². The number of nitrogens with two attached hydrogens (primary N) is 1. The molecule has 0 aromatic heterocycles. The quantitative estimate of drug-likeness (QED) is 0.805. The lowest BCUT2D eigenvalue weighted by molar-refractivity contribution is 0.102. The molecule has 0 atom stereocenters. The number of aromatic hydroxyl groups is 1. The molecule has 104 valence electrons. The van der Waals surface area contributed by atoms with Crippen LogP contribution in [0.4, 0.5) is 10.1 Å². The molecule has 0 fully saturated rings. The van der Waals surface area contributed by atoms with Crippen molar-refractivity contribution < 1.29 is 14.3 Å². The van der Waals surface area contributed by atoms with Crippen LogP contribution in [0.3, 0.4) is 0 Å². The van der Waals surface area contributed by atoms with E-state index in [1.807, 2.05) is 19.1 Å². The highest BCUT2D eigenvalue weighted by molar-refractivity contribution is 6.06. The van der Waals surface area contributed by atoms with Gasteiger partial charge in [-0.25, -0.2) is 4.39 Å². The number of aryl methyl sites for hydroxylation is 1. The molecular weight excluding hydrogens is 259 g/mol. The van der Waals surface area contributed by atoms with Crippen LogP contribution in [0.25, 0.3) is 0 Å².